The van der Waals surface area contributed by atoms with Crippen molar-refractivity contribution in [3.63, 3.8) is 0 Å². The zero-order valence-electron chi connectivity index (χ0n) is 11.0. The van der Waals surface area contributed by atoms with Gasteiger partial charge in [-0.2, -0.15) is 5.10 Å². The maximum Gasteiger partial charge on any atom is 0.237 e. The largest absolute Gasteiger partial charge is 0.355 e. The van der Waals surface area contributed by atoms with Crippen molar-refractivity contribution in [3.05, 3.63) is 18.0 Å². The number of carbonyl (C=O) groups is 1. The smallest absolute Gasteiger partial charge is 0.237 e. The van der Waals surface area contributed by atoms with Crippen LogP contribution in [0, 0.1) is 0 Å². The van der Waals surface area contributed by atoms with Crippen LogP contribution >= 0.6 is 0 Å². The number of hydrogen-bond acceptors (Lipinski definition) is 3. The number of nitrogens with zero attached hydrogens (tertiary/aromatic N) is 2. The van der Waals surface area contributed by atoms with E-state index >= 15 is 0 Å². The van der Waals surface area contributed by atoms with Gasteiger partial charge in [-0.25, -0.2) is 0 Å². The highest BCUT2D eigenvalue weighted by molar-refractivity contribution is 5.81. The van der Waals surface area contributed by atoms with Gasteiger partial charge in [-0.1, -0.05) is 6.42 Å². The second-order valence-corrected chi connectivity index (χ2v) is 4.92. The zero-order chi connectivity index (χ0) is 12.8. The van der Waals surface area contributed by atoms with Crippen LogP contribution in [0.3, 0.4) is 0 Å². The lowest BCUT2D eigenvalue weighted by molar-refractivity contribution is -0.123. The number of aryl methyl sites for hydroxylation is 2. The second kappa shape index (κ2) is 6.54. The zero-order valence-corrected chi connectivity index (χ0v) is 11.0. The fraction of sp³-hybridized carbons (Fsp3) is 0.692. The molecule has 1 aromatic rings. The quantitative estimate of drug-likeness (QED) is 0.753. The lowest BCUT2D eigenvalue weighted by atomic mass is 10.0. The summed E-state index contributed by atoms with van der Waals surface area (Å²) in [5.74, 6) is 0.154. The summed E-state index contributed by atoms with van der Waals surface area (Å²) >= 11 is 0. The number of piperidine rings is 1. The highest BCUT2D eigenvalue weighted by atomic mass is 16.2. The van der Waals surface area contributed by atoms with Gasteiger partial charge in [0.15, 0.2) is 0 Å². The predicted molar refractivity (Wildman–Crippen MR) is 70.2 cm³/mol. The first-order valence-corrected chi connectivity index (χ1v) is 6.74. The van der Waals surface area contributed by atoms with Gasteiger partial charge in [0.25, 0.3) is 0 Å². The van der Waals surface area contributed by atoms with Gasteiger partial charge in [0.2, 0.25) is 5.91 Å². The molecule has 5 nitrogen and oxygen atoms in total. The third kappa shape index (κ3) is 3.84. The van der Waals surface area contributed by atoms with E-state index in [1.54, 1.807) is 4.68 Å². The van der Waals surface area contributed by atoms with Crippen LogP contribution in [0.4, 0.5) is 0 Å². The fourth-order valence-electron chi connectivity index (χ4n) is 2.30. The molecule has 0 radical (unpaired) electrons. The maximum absolute atomic E-state index is 11.8. The Hall–Kier alpha value is -1.36. The summed E-state index contributed by atoms with van der Waals surface area (Å²) in [6, 6.07) is 0.0251. The fourth-order valence-corrected chi connectivity index (χ4v) is 2.30. The van der Waals surface area contributed by atoms with Gasteiger partial charge < -0.3 is 10.6 Å². The number of aromatic nitrogens is 2. The summed E-state index contributed by atoms with van der Waals surface area (Å²) in [4.78, 5) is 11.8. The van der Waals surface area contributed by atoms with E-state index in [1.165, 1.54) is 12.0 Å². The molecule has 18 heavy (non-hydrogen) atoms. The van der Waals surface area contributed by atoms with Gasteiger partial charge in [0.1, 0.15) is 0 Å². The Kier molecular flexibility index (Phi) is 4.75. The summed E-state index contributed by atoms with van der Waals surface area (Å²) in [5, 5.41) is 10.4. The van der Waals surface area contributed by atoms with Crippen molar-refractivity contribution in [2.45, 2.75) is 38.1 Å². The number of hydrogen-bond donors (Lipinski definition) is 2. The van der Waals surface area contributed by atoms with E-state index in [-0.39, 0.29) is 11.9 Å². The Labute approximate surface area is 108 Å². The molecule has 1 saturated heterocycles. The Bertz CT molecular complexity index is 382. The normalized spacial score (nSPS) is 19.7. The monoisotopic (exact) mass is 250 g/mol. The molecule has 1 fully saturated rings. The first kappa shape index (κ1) is 13.1. The number of nitrogens with one attached hydrogen (secondary N) is 2. The Morgan fingerprint density at radius 1 is 1.61 bits per heavy atom. The van der Waals surface area contributed by atoms with E-state index in [0.29, 0.717) is 0 Å². The van der Waals surface area contributed by atoms with Gasteiger partial charge in [-0.05, 0) is 37.8 Å². The molecule has 2 rings (SSSR count). The number of carbonyl (C=O) groups excluding carboxylic acids is 1. The number of amides is 1. The highest BCUT2D eigenvalue weighted by Crippen LogP contribution is 2.06. The molecule has 100 valence electrons. The number of rotatable bonds is 5. The highest BCUT2D eigenvalue weighted by Gasteiger charge is 2.19. The molecule has 0 bridgehead atoms. The summed E-state index contributed by atoms with van der Waals surface area (Å²) in [5.41, 5.74) is 1.22. The minimum Gasteiger partial charge on any atom is -0.355 e. The lowest BCUT2D eigenvalue weighted by Crippen LogP contribution is -2.46. The third-order valence-corrected chi connectivity index (χ3v) is 3.33. The van der Waals surface area contributed by atoms with Crippen molar-refractivity contribution in [1.29, 1.82) is 0 Å². The van der Waals surface area contributed by atoms with E-state index < -0.39 is 0 Å². The van der Waals surface area contributed by atoms with Crippen molar-refractivity contribution in [3.8, 4) is 0 Å². The van der Waals surface area contributed by atoms with E-state index in [0.717, 1.165) is 38.8 Å². The summed E-state index contributed by atoms with van der Waals surface area (Å²) in [7, 11) is 1.92. The topological polar surface area (TPSA) is 59.0 Å². The van der Waals surface area contributed by atoms with Gasteiger partial charge in [-0.15, -0.1) is 0 Å². The van der Waals surface area contributed by atoms with Crippen LogP contribution in [0.5, 0.6) is 0 Å². The molecule has 0 saturated carbocycles. The van der Waals surface area contributed by atoms with Gasteiger partial charge >= 0.3 is 0 Å². The second-order valence-electron chi connectivity index (χ2n) is 4.92. The third-order valence-electron chi connectivity index (χ3n) is 3.33. The summed E-state index contributed by atoms with van der Waals surface area (Å²) < 4.78 is 1.81. The van der Waals surface area contributed by atoms with Crippen LogP contribution < -0.4 is 10.6 Å². The Morgan fingerprint density at radius 3 is 3.17 bits per heavy atom. The SMILES string of the molecule is Cn1cc(CCCNC(=O)C2CCCCN2)cn1. The molecule has 1 unspecified atom stereocenters. The van der Waals surface area contributed by atoms with Crippen LogP contribution in [-0.2, 0) is 18.3 Å². The van der Waals surface area contributed by atoms with Crippen molar-refractivity contribution in [2.24, 2.45) is 7.05 Å². The molecule has 0 aromatic carbocycles. The van der Waals surface area contributed by atoms with Crippen LogP contribution in [0.1, 0.15) is 31.2 Å². The van der Waals surface area contributed by atoms with E-state index in [9.17, 15) is 4.79 Å². The molecule has 1 aliphatic heterocycles. The molecular weight excluding hydrogens is 228 g/mol. The average Bonchev–Trinajstić information content (AvgIpc) is 2.81. The molecule has 0 aliphatic carbocycles. The van der Waals surface area contributed by atoms with Crippen molar-refractivity contribution < 1.29 is 4.79 Å². The Morgan fingerprint density at radius 2 is 2.50 bits per heavy atom. The maximum atomic E-state index is 11.8. The van der Waals surface area contributed by atoms with Crippen LogP contribution in [0.15, 0.2) is 12.4 Å². The minimum absolute atomic E-state index is 0.0251. The molecule has 5 heteroatoms. The average molecular weight is 250 g/mol. The van der Waals surface area contributed by atoms with E-state index in [4.69, 9.17) is 0 Å². The standard InChI is InChI=1S/C13H22N4O/c1-17-10-11(9-16-17)5-4-8-15-13(18)12-6-2-3-7-14-12/h9-10,12,14H,2-8H2,1H3,(H,15,18). The van der Waals surface area contributed by atoms with Crippen LogP contribution in [0.25, 0.3) is 0 Å². The lowest BCUT2D eigenvalue weighted by Gasteiger charge is -2.22. The molecule has 2 heterocycles. The molecule has 1 atom stereocenters. The molecule has 1 amide bonds. The first-order chi connectivity index (χ1) is 8.75. The van der Waals surface area contributed by atoms with Crippen LogP contribution in [0.2, 0.25) is 0 Å². The molecule has 1 aliphatic rings. The van der Waals surface area contributed by atoms with Crippen molar-refractivity contribution >= 4 is 5.91 Å². The summed E-state index contributed by atoms with van der Waals surface area (Å²) in [6.45, 7) is 1.71. The summed E-state index contributed by atoms with van der Waals surface area (Å²) in [6.07, 6.45) is 9.13. The van der Waals surface area contributed by atoms with Crippen molar-refractivity contribution in [2.75, 3.05) is 13.1 Å². The van der Waals surface area contributed by atoms with Gasteiger partial charge in [0.05, 0.1) is 12.2 Å². The minimum atomic E-state index is 0.0251. The van der Waals surface area contributed by atoms with Gasteiger partial charge in [0, 0.05) is 19.8 Å². The predicted octanol–water partition coefficient (Wildman–Crippen LogP) is 0.611. The molecule has 0 spiro atoms. The molecular formula is C13H22N4O. The first-order valence-electron chi connectivity index (χ1n) is 6.74. The molecule has 1 aromatic heterocycles. The van der Waals surface area contributed by atoms with Crippen molar-refractivity contribution in [1.82, 2.24) is 20.4 Å². The van der Waals surface area contributed by atoms with E-state index in [1.807, 2.05) is 19.4 Å². The Balaban J connectivity index is 1.61. The van der Waals surface area contributed by atoms with Gasteiger partial charge in [-0.3, -0.25) is 9.48 Å². The molecule has 2 N–H and O–H groups in total. The van der Waals surface area contributed by atoms with E-state index in [2.05, 4.69) is 15.7 Å². The van der Waals surface area contributed by atoms with Crippen LogP contribution in [-0.4, -0.2) is 34.8 Å².